The van der Waals surface area contributed by atoms with Crippen LogP contribution in [0.4, 0.5) is 4.79 Å². The number of carbonyl (C=O) groups excluding carboxylic acids is 1. The lowest BCUT2D eigenvalue weighted by atomic mass is 10.0. The summed E-state index contributed by atoms with van der Waals surface area (Å²) in [5.74, 6) is 0. The number of rotatable bonds is 4. The molecule has 0 spiro atoms. The van der Waals surface area contributed by atoms with E-state index < -0.39 is 5.60 Å². The van der Waals surface area contributed by atoms with Gasteiger partial charge in [-0.05, 0) is 46.2 Å². The number of piperidine rings is 1. The van der Waals surface area contributed by atoms with Gasteiger partial charge in [-0.2, -0.15) is 0 Å². The first-order valence-electron chi connectivity index (χ1n) is 8.81. The number of hydrogen-bond acceptors (Lipinski definition) is 3. The van der Waals surface area contributed by atoms with Crippen molar-refractivity contribution in [3.05, 3.63) is 46.5 Å². The van der Waals surface area contributed by atoms with Gasteiger partial charge in [0.05, 0.1) is 0 Å². The monoisotopic (exact) mass is 364 g/mol. The van der Waals surface area contributed by atoms with Crippen molar-refractivity contribution in [1.82, 2.24) is 9.80 Å². The Morgan fingerprint density at radius 3 is 2.36 bits per heavy atom. The van der Waals surface area contributed by atoms with Crippen molar-refractivity contribution in [1.29, 1.82) is 0 Å². The number of halogens is 1. The highest BCUT2D eigenvalue weighted by atomic mass is 35.5. The molecule has 0 aromatic heterocycles. The van der Waals surface area contributed by atoms with E-state index in [1.165, 1.54) is 11.1 Å². The van der Waals surface area contributed by atoms with Crippen LogP contribution in [0.5, 0.6) is 0 Å². The third kappa shape index (κ3) is 6.71. The summed E-state index contributed by atoms with van der Waals surface area (Å²) < 4.78 is 5.43. The van der Waals surface area contributed by atoms with Crippen LogP contribution in [-0.2, 0) is 11.3 Å². The quantitative estimate of drug-likeness (QED) is 0.780. The molecule has 1 saturated heterocycles. The lowest BCUT2D eigenvalue weighted by Gasteiger charge is -2.31. The summed E-state index contributed by atoms with van der Waals surface area (Å²) in [6.45, 7) is 8.61. The van der Waals surface area contributed by atoms with Crippen LogP contribution in [0.1, 0.15) is 39.2 Å². The molecule has 4 nitrogen and oxygen atoms in total. The van der Waals surface area contributed by atoms with E-state index in [4.69, 9.17) is 16.3 Å². The molecule has 1 heterocycles. The maximum Gasteiger partial charge on any atom is 0.410 e. The minimum atomic E-state index is -0.453. The van der Waals surface area contributed by atoms with Crippen molar-refractivity contribution in [3.63, 3.8) is 0 Å². The number of nitrogens with zero attached hydrogens (tertiary/aromatic N) is 2. The molecule has 1 aliphatic rings. The molecule has 1 amide bonds. The molecular formula is C20H29ClN2O2. The molecule has 1 fully saturated rings. The molecule has 25 heavy (non-hydrogen) atoms. The first-order chi connectivity index (χ1) is 11.7. The fraction of sp³-hybridized carbons (Fsp3) is 0.550. The predicted octanol–water partition coefficient (Wildman–Crippen LogP) is 4.64. The molecule has 0 atom stereocenters. The van der Waals surface area contributed by atoms with Gasteiger partial charge in [-0.1, -0.05) is 47.5 Å². The zero-order valence-corrected chi connectivity index (χ0v) is 16.5. The van der Waals surface area contributed by atoms with Crippen LogP contribution in [0.2, 0.25) is 0 Å². The zero-order valence-electron chi connectivity index (χ0n) is 15.7. The van der Waals surface area contributed by atoms with Gasteiger partial charge < -0.3 is 9.64 Å². The van der Waals surface area contributed by atoms with Gasteiger partial charge in [-0.15, -0.1) is 0 Å². The first-order valence-corrected chi connectivity index (χ1v) is 9.19. The molecular weight excluding hydrogens is 336 g/mol. The maximum atomic E-state index is 12.1. The second-order valence-electron chi connectivity index (χ2n) is 7.63. The lowest BCUT2D eigenvalue weighted by Crippen LogP contribution is -2.40. The number of likely N-dealkylation sites (tertiary alicyclic amines) is 1. The van der Waals surface area contributed by atoms with E-state index in [-0.39, 0.29) is 6.09 Å². The SMILES string of the molecule is CN(CC(Cl)=C1CCN(C(=O)OC(C)(C)C)CC1)Cc1ccccc1. The summed E-state index contributed by atoms with van der Waals surface area (Å²) in [7, 11) is 2.08. The van der Waals surface area contributed by atoms with Crippen molar-refractivity contribution in [2.24, 2.45) is 0 Å². The smallest absolute Gasteiger partial charge is 0.410 e. The van der Waals surface area contributed by atoms with Gasteiger partial charge in [0.25, 0.3) is 0 Å². The van der Waals surface area contributed by atoms with E-state index >= 15 is 0 Å². The molecule has 0 saturated carbocycles. The molecule has 138 valence electrons. The molecule has 0 radical (unpaired) electrons. The third-order valence-electron chi connectivity index (χ3n) is 4.11. The summed E-state index contributed by atoms with van der Waals surface area (Å²) in [5.41, 5.74) is 2.07. The molecule has 2 rings (SSSR count). The van der Waals surface area contributed by atoms with Gasteiger partial charge in [0.1, 0.15) is 5.60 Å². The standard InChI is InChI=1S/C20H29ClN2O2/c1-20(2,3)25-19(24)23-12-10-17(11-13-23)18(21)15-22(4)14-16-8-6-5-7-9-16/h5-9H,10-15H2,1-4H3. The lowest BCUT2D eigenvalue weighted by molar-refractivity contribution is 0.0236. The highest BCUT2D eigenvalue weighted by Crippen LogP contribution is 2.24. The van der Waals surface area contributed by atoms with Gasteiger partial charge in [-0.25, -0.2) is 4.79 Å². The number of likely N-dealkylation sites (N-methyl/N-ethyl adjacent to an activating group) is 1. The number of ether oxygens (including phenoxy) is 1. The molecule has 0 aliphatic carbocycles. The van der Waals surface area contributed by atoms with Gasteiger partial charge >= 0.3 is 6.09 Å². The highest BCUT2D eigenvalue weighted by Gasteiger charge is 2.25. The van der Waals surface area contributed by atoms with E-state index in [9.17, 15) is 4.79 Å². The summed E-state index contributed by atoms with van der Waals surface area (Å²) in [4.78, 5) is 16.1. The zero-order chi connectivity index (χ0) is 18.4. The Morgan fingerprint density at radius 1 is 1.20 bits per heavy atom. The Balaban J connectivity index is 1.84. The topological polar surface area (TPSA) is 32.8 Å². The molecule has 1 aromatic carbocycles. The summed E-state index contributed by atoms with van der Waals surface area (Å²) >= 11 is 6.56. The second kappa shape index (κ2) is 8.72. The maximum absolute atomic E-state index is 12.1. The van der Waals surface area contributed by atoms with Gasteiger partial charge in [0, 0.05) is 31.2 Å². The van der Waals surface area contributed by atoms with Gasteiger partial charge in [0.15, 0.2) is 0 Å². The summed E-state index contributed by atoms with van der Waals surface area (Å²) in [5, 5.41) is 0.905. The van der Waals surface area contributed by atoms with Gasteiger partial charge in [0.2, 0.25) is 0 Å². The van der Waals surface area contributed by atoms with Crippen LogP contribution in [0.3, 0.4) is 0 Å². The Labute approximate surface area is 156 Å². The molecule has 1 aromatic rings. The van der Waals surface area contributed by atoms with Crippen LogP contribution in [0.25, 0.3) is 0 Å². The Hall–Kier alpha value is -1.52. The molecule has 0 N–H and O–H groups in total. The largest absolute Gasteiger partial charge is 0.444 e. The summed E-state index contributed by atoms with van der Waals surface area (Å²) in [6.07, 6.45) is 1.40. The highest BCUT2D eigenvalue weighted by molar-refractivity contribution is 6.30. The minimum absolute atomic E-state index is 0.233. The minimum Gasteiger partial charge on any atom is -0.444 e. The van der Waals surface area contributed by atoms with E-state index in [1.54, 1.807) is 4.90 Å². The van der Waals surface area contributed by atoms with Crippen molar-refractivity contribution < 1.29 is 9.53 Å². The average molecular weight is 365 g/mol. The van der Waals surface area contributed by atoms with Crippen molar-refractivity contribution in [2.45, 2.75) is 45.8 Å². The van der Waals surface area contributed by atoms with Crippen molar-refractivity contribution >= 4 is 17.7 Å². The van der Waals surface area contributed by atoms with Crippen molar-refractivity contribution in [3.8, 4) is 0 Å². The fourth-order valence-electron chi connectivity index (χ4n) is 2.86. The second-order valence-corrected chi connectivity index (χ2v) is 8.09. The van der Waals surface area contributed by atoms with E-state index in [0.29, 0.717) is 13.1 Å². The van der Waals surface area contributed by atoms with E-state index in [2.05, 4.69) is 36.2 Å². The third-order valence-corrected chi connectivity index (χ3v) is 4.49. The Kier molecular flexibility index (Phi) is 6.91. The van der Waals surface area contributed by atoms with E-state index in [1.807, 2.05) is 26.8 Å². The van der Waals surface area contributed by atoms with Crippen LogP contribution in [0.15, 0.2) is 40.9 Å². The van der Waals surface area contributed by atoms with Gasteiger partial charge in [-0.3, -0.25) is 4.90 Å². The van der Waals surface area contributed by atoms with Crippen LogP contribution in [-0.4, -0.2) is 48.2 Å². The Morgan fingerprint density at radius 2 is 1.80 bits per heavy atom. The number of hydrogen-bond donors (Lipinski definition) is 0. The predicted molar refractivity (Wildman–Crippen MR) is 103 cm³/mol. The normalized spacial score (nSPS) is 15.4. The molecule has 0 unspecified atom stereocenters. The van der Waals surface area contributed by atoms with Crippen LogP contribution >= 0.6 is 11.6 Å². The summed E-state index contributed by atoms with van der Waals surface area (Å²) in [6, 6.07) is 10.4. The molecule has 5 heteroatoms. The van der Waals surface area contributed by atoms with E-state index in [0.717, 1.165) is 31.0 Å². The molecule has 1 aliphatic heterocycles. The number of carbonyl (C=O) groups is 1. The Bertz CT molecular complexity index is 598. The average Bonchev–Trinajstić information content (AvgIpc) is 2.54. The first kappa shape index (κ1) is 19.8. The fourth-order valence-corrected chi connectivity index (χ4v) is 3.25. The number of benzene rings is 1. The van der Waals surface area contributed by atoms with Crippen LogP contribution in [0, 0.1) is 0 Å². The number of amides is 1. The van der Waals surface area contributed by atoms with Crippen LogP contribution < -0.4 is 0 Å². The molecule has 0 bridgehead atoms. The van der Waals surface area contributed by atoms with Crippen molar-refractivity contribution in [2.75, 3.05) is 26.7 Å².